The van der Waals surface area contributed by atoms with Gasteiger partial charge in [-0.05, 0) is 13.8 Å². The maximum absolute atomic E-state index is 13.2. The third kappa shape index (κ3) is 2.25. The molecule has 0 aromatic carbocycles. The van der Waals surface area contributed by atoms with E-state index in [1.165, 1.54) is 33.4 Å². The van der Waals surface area contributed by atoms with Gasteiger partial charge in [0, 0.05) is 0 Å². The van der Waals surface area contributed by atoms with Crippen LogP contribution in [0.1, 0.15) is 24.3 Å². The van der Waals surface area contributed by atoms with Crippen LogP contribution in [0.3, 0.4) is 0 Å². The molecule has 1 rings (SSSR count). The molecule has 14 heavy (non-hydrogen) atoms. The van der Waals surface area contributed by atoms with Crippen LogP contribution in [-0.4, -0.2) is 28.5 Å². The molecule has 0 aliphatic carbocycles. The fourth-order valence-electron chi connectivity index (χ4n) is 0.843. The zero-order chi connectivity index (χ0) is 10.8. The lowest BCUT2D eigenvalue weighted by Gasteiger charge is -2.11. The quantitative estimate of drug-likeness (QED) is 0.689. The number of ether oxygens (including phenoxy) is 1. The van der Waals surface area contributed by atoms with Crippen molar-refractivity contribution in [1.82, 2.24) is 9.97 Å². The molecule has 0 unspecified atom stereocenters. The van der Waals surface area contributed by atoms with Crippen LogP contribution >= 0.6 is 0 Å². The smallest absolute Gasteiger partial charge is 0.232 e. The summed E-state index contributed by atoms with van der Waals surface area (Å²) in [7, 11) is 1.44. The molecule has 1 heterocycles. The number of halogens is 1. The lowest BCUT2D eigenvalue weighted by Crippen LogP contribution is -2.26. The fourth-order valence-corrected chi connectivity index (χ4v) is 0.843. The predicted octanol–water partition coefficient (Wildman–Crippen LogP) is 1.42. The molecule has 0 amide bonds. The van der Waals surface area contributed by atoms with Crippen LogP contribution in [0.15, 0.2) is 12.4 Å². The summed E-state index contributed by atoms with van der Waals surface area (Å²) < 4.78 is 18.0. The summed E-state index contributed by atoms with van der Waals surface area (Å²) in [4.78, 5) is 18.8. The molecule has 1 aromatic rings. The Morgan fingerprint density at radius 2 is 2.07 bits per heavy atom. The number of hydrogen-bond acceptors (Lipinski definition) is 4. The van der Waals surface area contributed by atoms with E-state index in [4.69, 9.17) is 4.74 Å². The van der Waals surface area contributed by atoms with Crippen LogP contribution in [0.5, 0.6) is 5.88 Å². The lowest BCUT2D eigenvalue weighted by atomic mass is 10.0. The zero-order valence-electron chi connectivity index (χ0n) is 8.24. The van der Waals surface area contributed by atoms with Gasteiger partial charge in [0.05, 0.1) is 19.5 Å². The van der Waals surface area contributed by atoms with Crippen molar-refractivity contribution in [1.29, 1.82) is 0 Å². The number of hydrogen-bond donors (Lipinski definition) is 0. The van der Waals surface area contributed by atoms with Crippen LogP contribution in [-0.2, 0) is 0 Å². The molecule has 0 radical (unpaired) electrons. The van der Waals surface area contributed by atoms with Crippen LogP contribution in [0, 0.1) is 0 Å². The average Bonchev–Trinajstić information content (AvgIpc) is 2.15. The van der Waals surface area contributed by atoms with Gasteiger partial charge in [-0.15, -0.1) is 0 Å². The number of aromatic nitrogens is 2. The number of carbonyl (C=O) groups is 1. The molecule has 0 aliphatic rings. The van der Waals surface area contributed by atoms with Gasteiger partial charge in [0.1, 0.15) is 5.69 Å². The molecule has 0 fully saturated rings. The molecule has 1 aromatic heterocycles. The highest BCUT2D eigenvalue weighted by Crippen LogP contribution is 2.15. The second-order valence-corrected chi connectivity index (χ2v) is 3.25. The Morgan fingerprint density at radius 3 is 2.43 bits per heavy atom. The van der Waals surface area contributed by atoms with Crippen LogP contribution in [0.25, 0.3) is 0 Å². The Morgan fingerprint density at radius 1 is 1.43 bits per heavy atom. The lowest BCUT2D eigenvalue weighted by molar-refractivity contribution is 0.0754. The zero-order valence-corrected chi connectivity index (χ0v) is 8.24. The number of Topliss-reactive ketones (excluding diaryl/α,β-unsaturated/α-hetero) is 1. The van der Waals surface area contributed by atoms with Crippen molar-refractivity contribution in [3.63, 3.8) is 0 Å². The largest absolute Gasteiger partial charge is 0.480 e. The predicted molar refractivity (Wildman–Crippen MR) is 48.1 cm³/mol. The average molecular weight is 198 g/mol. The molecule has 0 atom stereocenters. The summed E-state index contributed by atoms with van der Waals surface area (Å²) in [6, 6.07) is 0. The summed E-state index contributed by atoms with van der Waals surface area (Å²) in [5, 5.41) is 0. The number of nitrogens with zero attached hydrogens (tertiary/aromatic N) is 2. The van der Waals surface area contributed by atoms with E-state index in [-0.39, 0.29) is 5.69 Å². The van der Waals surface area contributed by atoms with E-state index in [9.17, 15) is 9.18 Å². The van der Waals surface area contributed by atoms with E-state index in [0.717, 1.165) is 0 Å². The van der Waals surface area contributed by atoms with Crippen molar-refractivity contribution in [3.8, 4) is 5.88 Å². The van der Waals surface area contributed by atoms with Gasteiger partial charge in [0.2, 0.25) is 11.7 Å². The second-order valence-electron chi connectivity index (χ2n) is 3.25. The van der Waals surface area contributed by atoms with E-state index in [1.54, 1.807) is 0 Å². The summed E-state index contributed by atoms with van der Waals surface area (Å²) in [5.74, 6) is -0.397. The number of ketones is 1. The van der Waals surface area contributed by atoms with E-state index >= 15 is 0 Å². The highest BCUT2D eigenvalue weighted by atomic mass is 19.1. The maximum atomic E-state index is 13.2. The Bertz CT molecular complexity index is 330. The van der Waals surface area contributed by atoms with Crippen LogP contribution < -0.4 is 4.74 Å². The van der Waals surface area contributed by atoms with Gasteiger partial charge in [-0.3, -0.25) is 4.79 Å². The minimum atomic E-state index is -1.93. The van der Waals surface area contributed by atoms with Gasteiger partial charge in [-0.2, -0.15) is 0 Å². The molecule has 4 nitrogen and oxygen atoms in total. The standard InChI is InChI=1S/C9H11FN2O2/c1-9(2,10)8(13)6-4-12-7(14-3)5-11-6/h4-5H,1-3H3. The first-order chi connectivity index (χ1) is 6.45. The summed E-state index contributed by atoms with van der Waals surface area (Å²) in [6.45, 7) is 2.36. The highest BCUT2D eigenvalue weighted by molar-refractivity contribution is 5.99. The van der Waals surface area contributed by atoms with Crippen molar-refractivity contribution >= 4 is 5.78 Å². The SMILES string of the molecule is COc1cnc(C(=O)C(C)(C)F)cn1. The Hall–Kier alpha value is -1.52. The van der Waals surface area contributed by atoms with Crippen molar-refractivity contribution in [3.05, 3.63) is 18.1 Å². The first kappa shape index (κ1) is 10.6. The molecule has 0 saturated carbocycles. The van der Waals surface area contributed by atoms with Gasteiger partial charge in [0.15, 0.2) is 5.67 Å². The van der Waals surface area contributed by atoms with Crippen LogP contribution in [0.2, 0.25) is 0 Å². The normalized spacial score (nSPS) is 11.1. The van der Waals surface area contributed by atoms with Crippen molar-refractivity contribution in [2.45, 2.75) is 19.5 Å². The molecule has 0 saturated heterocycles. The van der Waals surface area contributed by atoms with E-state index < -0.39 is 11.5 Å². The molecule has 0 bridgehead atoms. The van der Waals surface area contributed by atoms with Gasteiger partial charge in [-0.1, -0.05) is 0 Å². The summed E-state index contributed by atoms with van der Waals surface area (Å²) >= 11 is 0. The van der Waals surface area contributed by atoms with Gasteiger partial charge in [-0.25, -0.2) is 14.4 Å². The van der Waals surface area contributed by atoms with E-state index in [1.807, 2.05) is 0 Å². The molecular weight excluding hydrogens is 187 g/mol. The van der Waals surface area contributed by atoms with Crippen molar-refractivity contribution in [2.75, 3.05) is 7.11 Å². The monoisotopic (exact) mass is 198 g/mol. The van der Waals surface area contributed by atoms with Gasteiger partial charge >= 0.3 is 0 Å². The molecule has 0 spiro atoms. The van der Waals surface area contributed by atoms with E-state index in [2.05, 4.69) is 9.97 Å². The minimum Gasteiger partial charge on any atom is -0.480 e. The molecular formula is C9H11FN2O2. The third-order valence-electron chi connectivity index (χ3n) is 1.61. The van der Waals surface area contributed by atoms with Crippen molar-refractivity contribution in [2.24, 2.45) is 0 Å². The number of rotatable bonds is 3. The second kappa shape index (κ2) is 3.69. The molecule has 0 aliphatic heterocycles. The third-order valence-corrected chi connectivity index (χ3v) is 1.61. The summed E-state index contributed by atoms with van der Waals surface area (Å²) in [6.07, 6.45) is 2.47. The van der Waals surface area contributed by atoms with Gasteiger partial charge < -0.3 is 4.74 Å². The van der Waals surface area contributed by atoms with Crippen molar-refractivity contribution < 1.29 is 13.9 Å². The summed E-state index contributed by atoms with van der Waals surface area (Å²) in [5.41, 5.74) is -1.93. The van der Waals surface area contributed by atoms with E-state index in [0.29, 0.717) is 5.88 Å². The Kier molecular flexibility index (Phi) is 2.78. The first-order valence-corrected chi connectivity index (χ1v) is 4.05. The highest BCUT2D eigenvalue weighted by Gasteiger charge is 2.29. The Labute approximate surface area is 81.1 Å². The Balaban J connectivity index is 2.93. The fraction of sp³-hybridized carbons (Fsp3) is 0.444. The van der Waals surface area contributed by atoms with Gasteiger partial charge in [0.25, 0.3) is 0 Å². The maximum Gasteiger partial charge on any atom is 0.232 e. The number of methoxy groups -OCH3 is 1. The number of carbonyl (C=O) groups excluding carboxylic acids is 1. The molecule has 76 valence electrons. The molecule has 5 heteroatoms. The molecule has 0 N–H and O–H groups in total. The number of alkyl halides is 1. The topological polar surface area (TPSA) is 52.1 Å². The first-order valence-electron chi connectivity index (χ1n) is 4.05. The van der Waals surface area contributed by atoms with Crippen LogP contribution in [0.4, 0.5) is 4.39 Å². The minimum absolute atomic E-state index is 0.00157.